The van der Waals surface area contributed by atoms with E-state index in [2.05, 4.69) is 4.99 Å². The molecule has 3 aromatic carbocycles. The van der Waals surface area contributed by atoms with Crippen LogP contribution in [0.15, 0.2) is 83.9 Å². The second-order valence-electron chi connectivity index (χ2n) is 6.96. The molecule has 0 spiro atoms. The highest BCUT2D eigenvalue weighted by molar-refractivity contribution is 6.20. The van der Waals surface area contributed by atoms with Crippen LogP contribution in [-0.4, -0.2) is 30.9 Å². The molecule has 1 aliphatic heterocycles. The summed E-state index contributed by atoms with van der Waals surface area (Å²) in [4.78, 5) is 31.9. The highest BCUT2D eigenvalue weighted by Gasteiger charge is 2.39. The first kappa shape index (κ1) is 20.4. The average molecular weight is 417 g/mol. The predicted octanol–water partition coefficient (Wildman–Crippen LogP) is 3.21. The van der Waals surface area contributed by atoms with Gasteiger partial charge >= 0.3 is 5.97 Å². The first-order chi connectivity index (χ1) is 15.0. The van der Waals surface area contributed by atoms with Crippen LogP contribution in [0.3, 0.4) is 0 Å². The van der Waals surface area contributed by atoms with Gasteiger partial charge in [0, 0.05) is 11.1 Å². The number of benzene rings is 3. The number of aliphatic imine (C=N–C) groups is 1. The molecule has 0 saturated carbocycles. The number of benzodiazepines with no additional fused rings is 1. The topological polar surface area (TPSA) is 85.0 Å². The van der Waals surface area contributed by atoms with Gasteiger partial charge in [0.15, 0.2) is 12.2 Å². The second-order valence-corrected chi connectivity index (χ2v) is 6.96. The quantitative estimate of drug-likeness (QED) is 0.661. The number of rotatable bonds is 4. The van der Waals surface area contributed by atoms with Crippen molar-refractivity contribution in [1.29, 1.82) is 0 Å². The van der Waals surface area contributed by atoms with Crippen molar-refractivity contribution in [1.82, 2.24) is 0 Å². The molecule has 2 N–H and O–H groups in total. The fourth-order valence-corrected chi connectivity index (χ4v) is 3.68. The molecule has 2 unspecified atom stereocenters. The zero-order chi connectivity index (χ0) is 22.0. The SMILES string of the molecule is COC(=O)C(c1ccccc1)N1C(=O)C(N)N=C(c2ccccc2F)c2ccccc21. The van der Waals surface area contributed by atoms with Crippen LogP contribution in [0.2, 0.25) is 0 Å². The van der Waals surface area contributed by atoms with Gasteiger partial charge in [-0.2, -0.15) is 0 Å². The molecule has 1 heterocycles. The number of nitrogens with two attached hydrogens (primary N) is 1. The second kappa shape index (κ2) is 8.49. The van der Waals surface area contributed by atoms with E-state index in [1.165, 1.54) is 18.1 Å². The fourth-order valence-electron chi connectivity index (χ4n) is 3.68. The van der Waals surface area contributed by atoms with E-state index in [9.17, 15) is 14.0 Å². The van der Waals surface area contributed by atoms with Crippen LogP contribution in [0.1, 0.15) is 22.7 Å². The lowest BCUT2D eigenvalue weighted by Gasteiger charge is -2.31. The van der Waals surface area contributed by atoms with Crippen LogP contribution < -0.4 is 10.6 Å². The Balaban J connectivity index is 1.96. The molecule has 0 fully saturated rings. The van der Waals surface area contributed by atoms with Crippen LogP contribution in [0, 0.1) is 5.82 Å². The minimum atomic E-state index is -1.34. The molecule has 1 aliphatic rings. The lowest BCUT2D eigenvalue weighted by molar-refractivity contribution is -0.143. The molecule has 4 rings (SSSR count). The van der Waals surface area contributed by atoms with Gasteiger partial charge in [-0.3, -0.25) is 14.7 Å². The minimum absolute atomic E-state index is 0.217. The Morgan fingerprint density at radius 3 is 2.29 bits per heavy atom. The summed E-state index contributed by atoms with van der Waals surface area (Å²) < 4.78 is 19.7. The first-order valence-electron chi connectivity index (χ1n) is 9.66. The number of halogens is 1. The summed E-state index contributed by atoms with van der Waals surface area (Å²) in [5, 5.41) is 0. The molecule has 1 amide bonds. The summed E-state index contributed by atoms with van der Waals surface area (Å²) in [6.07, 6.45) is -1.34. The van der Waals surface area contributed by atoms with Gasteiger partial charge in [-0.15, -0.1) is 0 Å². The normalized spacial score (nSPS) is 16.7. The van der Waals surface area contributed by atoms with Gasteiger partial charge in [0.1, 0.15) is 5.82 Å². The van der Waals surface area contributed by atoms with Crippen LogP contribution in [0.4, 0.5) is 10.1 Å². The Kier molecular flexibility index (Phi) is 5.60. The van der Waals surface area contributed by atoms with Crippen LogP contribution in [0.5, 0.6) is 0 Å². The monoisotopic (exact) mass is 417 g/mol. The number of hydrogen-bond donors (Lipinski definition) is 1. The van der Waals surface area contributed by atoms with Crippen LogP contribution >= 0.6 is 0 Å². The van der Waals surface area contributed by atoms with Crippen molar-refractivity contribution >= 4 is 23.3 Å². The number of para-hydroxylation sites is 1. The number of carbonyl (C=O) groups excluding carboxylic acids is 2. The number of amides is 1. The van der Waals surface area contributed by atoms with Crippen molar-refractivity contribution in [2.45, 2.75) is 12.2 Å². The van der Waals surface area contributed by atoms with E-state index in [4.69, 9.17) is 10.5 Å². The van der Waals surface area contributed by atoms with Crippen molar-refractivity contribution in [2.75, 3.05) is 12.0 Å². The number of hydrogen-bond acceptors (Lipinski definition) is 5. The van der Waals surface area contributed by atoms with E-state index in [-0.39, 0.29) is 11.3 Å². The summed E-state index contributed by atoms with van der Waals surface area (Å²) in [5.74, 6) is -1.72. The third-order valence-electron chi connectivity index (χ3n) is 5.10. The molecule has 0 bridgehead atoms. The summed E-state index contributed by atoms with van der Waals surface area (Å²) in [5.41, 5.74) is 8.02. The molecule has 0 aromatic heterocycles. The number of carbonyl (C=O) groups is 2. The van der Waals surface area contributed by atoms with Crippen LogP contribution in [0.25, 0.3) is 0 Å². The number of fused-ring (bicyclic) bond motifs is 1. The smallest absolute Gasteiger partial charge is 0.333 e. The van der Waals surface area contributed by atoms with E-state index in [1.807, 2.05) is 0 Å². The molecule has 7 heteroatoms. The molecular weight excluding hydrogens is 397 g/mol. The van der Waals surface area contributed by atoms with Gasteiger partial charge in [0.2, 0.25) is 0 Å². The predicted molar refractivity (Wildman–Crippen MR) is 115 cm³/mol. The van der Waals surface area contributed by atoms with E-state index in [0.29, 0.717) is 16.8 Å². The van der Waals surface area contributed by atoms with E-state index in [1.54, 1.807) is 72.8 Å². The summed E-state index contributed by atoms with van der Waals surface area (Å²) in [6.45, 7) is 0. The van der Waals surface area contributed by atoms with Crippen molar-refractivity contribution in [3.63, 3.8) is 0 Å². The molecule has 0 saturated heterocycles. The van der Waals surface area contributed by atoms with E-state index >= 15 is 0 Å². The van der Waals surface area contributed by atoms with Crippen molar-refractivity contribution in [3.05, 3.63) is 101 Å². The third kappa shape index (κ3) is 3.71. The molecule has 156 valence electrons. The number of anilines is 1. The Bertz CT molecular complexity index is 1160. The molecule has 2 atom stereocenters. The average Bonchev–Trinajstić information content (AvgIpc) is 2.90. The van der Waals surface area contributed by atoms with Gasteiger partial charge < -0.3 is 10.5 Å². The minimum Gasteiger partial charge on any atom is -0.467 e. The maximum absolute atomic E-state index is 14.6. The highest BCUT2D eigenvalue weighted by atomic mass is 19.1. The molecule has 3 aromatic rings. The van der Waals surface area contributed by atoms with Gasteiger partial charge in [0.25, 0.3) is 5.91 Å². The Morgan fingerprint density at radius 1 is 1.00 bits per heavy atom. The van der Waals surface area contributed by atoms with Crippen molar-refractivity contribution in [2.24, 2.45) is 10.7 Å². The van der Waals surface area contributed by atoms with Gasteiger partial charge in [-0.05, 0) is 23.8 Å². The lowest BCUT2D eigenvalue weighted by Crippen LogP contribution is -2.47. The van der Waals surface area contributed by atoms with Gasteiger partial charge in [0.05, 0.1) is 18.5 Å². The molecule has 0 aliphatic carbocycles. The van der Waals surface area contributed by atoms with E-state index in [0.717, 1.165) is 0 Å². The highest BCUT2D eigenvalue weighted by Crippen LogP contribution is 2.35. The molecule has 31 heavy (non-hydrogen) atoms. The Labute approximate surface area is 178 Å². The number of nitrogens with zero attached hydrogens (tertiary/aromatic N) is 2. The lowest BCUT2D eigenvalue weighted by atomic mass is 9.98. The largest absolute Gasteiger partial charge is 0.467 e. The molecule has 0 radical (unpaired) electrons. The van der Waals surface area contributed by atoms with Gasteiger partial charge in [-0.25, -0.2) is 9.18 Å². The molecule has 6 nitrogen and oxygen atoms in total. The molecular formula is C24H20FN3O3. The maximum atomic E-state index is 14.6. The third-order valence-corrected chi connectivity index (χ3v) is 5.10. The van der Waals surface area contributed by atoms with Crippen molar-refractivity contribution in [3.8, 4) is 0 Å². The number of esters is 1. The summed E-state index contributed by atoms with van der Waals surface area (Å²) >= 11 is 0. The zero-order valence-electron chi connectivity index (χ0n) is 16.7. The number of ether oxygens (including phenoxy) is 1. The maximum Gasteiger partial charge on any atom is 0.333 e. The number of methoxy groups -OCH3 is 1. The standard InChI is InChI=1S/C24H20FN3O3/c1-31-24(30)21(15-9-3-2-4-10-15)28-19-14-8-6-12-17(19)20(27-22(26)23(28)29)16-11-5-7-13-18(16)25/h2-14,21-22H,26H2,1H3. The van der Waals surface area contributed by atoms with Gasteiger partial charge in [-0.1, -0.05) is 60.7 Å². The fraction of sp³-hybridized carbons (Fsp3) is 0.125. The van der Waals surface area contributed by atoms with Crippen LogP contribution in [-0.2, 0) is 14.3 Å². The van der Waals surface area contributed by atoms with E-state index < -0.39 is 29.9 Å². The summed E-state index contributed by atoms with van der Waals surface area (Å²) in [7, 11) is 1.26. The first-order valence-corrected chi connectivity index (χ1v) is 9.66. The Hall–Kier alpha value is -3.84. The zero-order valence-corrected chi connectivity index (χ0v) is 16.7. The Morgan fingerprint density at radius 2 is 1.61 bits per heavy atom. The van der Waals surface area contributed by atoms with Crippen molar-refractivity contribution < 1.29 is 18.7 Å². The summed E-state index contributed by atoms with van der Waals surface area (Å²) in [6, 6.07) is 20.7.